The molecule has 0 amide bonds. The van der Waals surface area contributed by atoms with Gasteiger partial charge in [-0.2, -0.15) is 5.10 Å². The standard InChI is InChI=1S/C14H27N5/c1-11-13(10-15-2)14(18(5)16-11)19-8-6-12(7-9-19)17(3)4/h12,15H,6-10H2,1-5H3. The van der Waals surface area contributed by atoms with Crippen LogP contribution in [-0.4, -0.2) is 55.0 Å². The molecule has 0 atom stereocenters. The molecule has 0 unspecified atom stereocenters. The van der Waals surface area contributed by atoms with Crippen molar-refractivity contribution in [2.45, 2.75) is 32.4 Å². The van der Waals surface area contributed by atoms with Gasteiger partial charge in [-0.1, -0.05) is 0 Å². The summed E-state index contributed by atoms with van der Waals surface area (Å²) in [6.45, 7) is 5.24. The highest BCUT2D eigenvalue weighted by Gasteiger charge is 2.25. The van der Waals surface area contributed by atoms with Gasteiger partial charge in [-0.25, -0.2) is 0 Å². The number of hydrogen-bond donors (Lipinski definition) is 1. The van der Waals surface area contributed by atoms with Crippen molar-refractivity contribution < 1.29 is 0 Å². The molecule has 5 heteroatoms. The Morgan fingerprint density at radius 3 is 2.47 bits per heavy atom. The van der Waals surface area contributed by atoms with Crippen molar-refractivity contribution in [2.24, 2.45) is 7.05 Å². The van der Waals surface area contributed by atoms with Gasteiger partial charge in [0.2, 0.25) is 0 Å². The summed E-state index contributed by atoms with van der Waals surface area (Å²) >= 11 is 0. The lowest BCUT2D eigenvalue weighted by Gasteiger charge is -2.36. The second-order valence-electron chi connectivity index (χ2n) is 5.72. The smallest absolute Gasteiger partial charge is 0.131 e. The number of nitrogens with zero attached hydrogens (tertiary/aromatic N) is 4. The summed E-state index contributed by atoms with van der Waals surface area (Å²) in [5.41, 5.74) is 2.48. The van der Waals surface area contributed by atoms with Crippen LogP contribution in [0.2, 0.25) is 0 Å². The molecule has 1 fully saturated rings. The van der Waals surface area contributed by atoms with Gasteiger partial charge in [-0.05, 0) is 40.9 Å². The third kappa shape index (κ3) is 2.92. The first kappa shape index (κ1) is 14.3. The summed E-state index contributed by atoms with van der Waals surface area (Å²) in [4.78, 5) is 4.84. The molecule has 19 heavy (non-hydrogen) atoms. The minimum Gasteiger partial charge on any atom is -0.356 e. The van der Waals surface area contributed by atoms with Crippen LogP contribution >= 0.6 is 0 Å². The second-order valence-corrected chi connectivity index (χ2v) is 5.72. The summed E-state index contributed by atoms with van der Waals surface area (Å²) in [6.07, 6.45) is 2.46. The molecule has 1 aromatic rings. The average molecular weight is 265 g/mol. The summed E-state index contributed by atoms with van der Waals surface area (Å²) < 4.78 is 2.04. The zero-order chi connectivity index (χ0) is 14.0. The van der Waals surface area contributed by atoms with Crippen molar-refractivity contribution in [1.82, 2.24) is 20.0 Å². The fraction of sp³-hybridized carbons (Fsp3) is 0.786. The molecular formula is C14H27N5. The van der Waals surface area contributed by atoms with Gasteiger partial charge in [0.1, 0.15) is 5.82 Å². The van der Waals surface area contributed by atoms with Crippen molar-refractivity contribution in [3.05, 3.63) is 11.3 Å². The monoisotopic (exact) mass is 265 g/mol. The fourth-order valence-corrected chi connectivity index (χ4v) is 3.06. The van der Waals surface area contributed by atoms with Crippen LogP contribution in [0.3, 0.4) is 0 Å². The van der Waals surface area contributed by atoms with E-state index in [-0.39, 0.29) is 0 Å². The number of anilines is 1. The zero-order valence-electron chi connectivity index (χ0n) is 12.9. The van der Waals surface area contributed by atoms with Gasteiger partial charge in [0.05, 0.1) is 5.69 Å². The molecule has 0 spiro atoms. The summed E-state index contributed by atoms with van der Waals surface area (Å²) in [6, 6.07) is 0.721. The number of nitrogens with one attached hydrogen (secondary N) is 1. The lowest BCUT2D eigenvalue weighted by atomic mass is 10.0. The minimum atomic E-state index is 0.721. The van der Waals surface area contributed by atoms with Gasteiger partial charge in [0.25, 0.3) is 0 Å². The van der Waals surface area contributed by atoms with E-state index in [0.29, 0.717) is 0 Å². The van der Waals surface area contributed by atoms with Crippen molar-refractivity contribution in [3.8, 4) is 0 Å². The van der Waals surface area contributed by atoms with E-state index < -0.39 is 0 Å². The molecule has 1 aliphatic rings. The molecule has 0 bridgehead atoms. The Labute approximate surface area is 116 Å². The number of piperidine rings is 1. The molecule has 2 rings (SSSR count). The first-order valence-electron chi connectivity index (χ1n) is 7.13. The van der Waals surface area contributed by atoms with E-state index in [0.717, 1.165) is 31.4 Å². The van der Waals surface area contributed by atoms with Gasteiger partial charge in [0.15, 0.2) is 0 Å². The maximum Gasteiger partial charge on any atom is 0.131 e. The van der Waals surface area contributed by atoms with Crippen LogP contribution in [-0.2, 0) is 13.6 Å². The highest BCUT2D eigenvalue weighted by Crippen LogP contribution is 2.27. The molecule has 1 aliphatic heterocycles. The van der Waals surface area contributed by atoms with E-state index in [9.17, 15) is 0 Å². The third-order valence-electron chi connectivity index (χ3n) is 4.16. The SMILES string of the molecule is CNCc1c(C)nn(C)c1N1CCC(N(C)C)CC1. The Balaban J connectivity index is 2.15. The molecule has 0 aliphatic carbocycles. The van der Waals surface area contributed by atoms with Crippen molar-refractivity contribution >= 4 is 5.82 Å². The molecule has 1 saturated heterocycles. The van der Waals surface area contributed by atoms with Crippen LogP contribution in [0.5, 0.6) is 0 Å². The quantitative estimate of drug-likeness (QED) is 0.880. The Morgan fingerprint density at radius 1 is 1.32 bits per heavy atom. The molecule has 0 saturated carbocycles. The van der Waals surface area contributed by atoms with E-state index in [1.807, 2.05) is 11.7 Å². The van der Waals surface area contributed by atoms with Gasteiger partial charge in [0, 0.05) is 38.3 Å². The third-order valence-corrected chi connectivity index (χ3v) is 4.16. The summed E-state index contributed by atoms with van der Waals surface area (Å²) in [5, 5.41) is 7.84. The lowest BCUT2D eigenvalue weighted by molar-refractivity contribution is 0.249. The van der Waals surface area contributed by atoms with Crippen LogP contribution in [0, 0.1) is 6.92 Å². The van der Waals surface area contributed by atoms with Gasteiger partial charge in [-0.15, -0.1) is 0 Å². The highest BCUT2D eigenvalue weighted by molar-refractivity contribution is 5.50. The first-order valence-corrected chi connectivity index (χ1v) is 7.13. The van der Waals surface area contributed by atoms with Crippen LogP contribution in [0.25, 0.3) is 0 Å². The number of aromatic nitrogens is 2. The topological polar surface area (TPSA) is 36.3 Å². The van der Waals surface area contributed by atoms with Crippen LogP contribution in [0.1, 0.15) is 24.1 Å². The molecule has 1 N–H and O–H groups in total. The van der Waals surface area contributed by atoms with Crippen LogP contribution in [0.4, 0.5) is 5.82 Å². The van der Waals surface area contributed by atoms with Gasteiger partial charge < -0.3 is 15.1 Å². The predicted octanol–water partition coefficient (Wildman–Crippen LogP) is 0.978. The Morgan fingerprint density at radius 2 is 1.95 bits per heavy atom. The maximum atomic E-state index is 4.58. The Kier molecular flexibility index (Phi) is 4.47. The number of aryl methyl sites for hydroxylation is 2. The molecule has 0 aromatic carbocycles. The summed E-state index contributed by atoms with van der Waals surface area (Å²) in [7, 11) is 8.41. The summed E-state index contributed by atoms with van der Waals surface area (Å²) in [5.74, 6) is 1.30. The normalized spacial score (nSPS) is 17.5. The maximum absolute atomic E-state index is 4.58. The van der Waals surface area contributed by atoms with E-state index in [4.69, 9.17) is 0 Å². The fourth-order valence-electron chi connectivity index (χ4n) is 3.06. The Hall–Kier alpha value is -1.07. The average Bonchev–Trinajstić information content (AvgIpc) is 2.65. The van der Waals surface area contributed by atoms with E-state index in [2.05, 4.69) is 48.3 Å². The number of rotatable bonds is 4. The largest absolute Gasteiger partial charge is 0.356 e. The van der Waals surface area contributed by atoms with Crippen molar-refractivity contribution in [3.63, 3.8) is 0 Å². The van der Waals surface area contributed by atoms with Crippen LogP contribution in [0.15, 0.2) is 0 Å². The zero-order valence-corrected chi connectivity index (χ0v) is 12.9. The molecule has 5 nitrogen and oxygen atoms in total. The lowest BCUT2D eigenvalue weighted by Crippen LogP contribution is -2.43. The van der Waals surface area contributed by atoms with Crippen LogP contribution < -0.4 is 10.2 Å². The molecular weight excluding hydrogens is 238 g/mol. The molecule has 108 valence electrons. The van der Waals surface area contributed by atoms with Crippen molar-refractivity contribution in [2.75, 3.05) is 39.1 Å². The van der Waals surface area contributed by atoms with Crippen molar-refractivity contribution in [1.29, 1.82) is 0 Å². The van der Waals surface area contributed by atoms with Gasteiger partial charge >= 0.3 is 0 Å². The van der Waals surface area contributed by atoms with E-state index in [1.54, 1.807) is 0 Å². The molecule has 1 aromatic heterocycles. The Bertz CT molecular complexity index is 416. The highest BCUT2D eigenvalue weighted by atomic mass is 15.4. The van der Waals surface area contributed by atoms with Gasteiger partial charge in [-0.3, -0.25) is 4.68 Å². The predicted molar refractivity (Wildman–Crippen MR) is 79.6 cm³/mol. The minimum absolute atomic E-state index is 0.721. The molecule has 0 radical (unpaired) electrons. The van der Waals surface area contributed by atoms with E-state index in [1.165, 1.54) is 24.2 Å². The second kappa shape index (κ2) is 5.92. The number of hydrogen-bond acceptors (Lipinski definition) is 4. The molecule has 2 heterocycles. The van der Waals surface area contributed by atoms with E-state index >= 15 is 0 Å². The first-order chi connectivity index (χ1) is 9.04.